The second-order valence-electron chi connectivity index (χ2n) is 4.60. The molecule has 0 N–H and O–H groups in total. The van der Waals surface area contributed by atoms with Crippen LogP contribution in [0.15, 0.2) is 46.9 Å². The van der Waals surface area contributed by atoms with Crippen molar-refractivity contribution in [1.29, 1.82) is 0 Å². The Kier molecular flexibility index (Phi) is 4.96. The van der Waals surface area contributed by atoms with Gasteiger partial charge in [-0.3, -0.25) is 4.79 Å². The van der Waals surface area contributed by atoms with Crippen LogP contribution < -0.4 is 4.74 Å². The summed E-state index contributed by atoms with van der Waals surface area (Å²) in [5.74, 6) is -0.0474. The summed E-state index contributed by atoms with van der Waals surface area (Å²) in [5.41, 5.74) is 0.910. The van der Waals surface area contributed by atoms with Gasteiger partial charge < -0.3 is 9.64 Å². The average Bonchev–Trinajstić information content (AvgIpc) is 2.50. The van der Waals surface area contributed by atoms with Crippen LogP contribution in [-0.4, -0.2) is 25.0 Å². The molecule has 0 aromatic heterocycles. The van der Waals surface area contributed by atoms with Crippen molar-refractivity contribution in [3.63, 3.8) is 0 Å². The predicted molar refractivity (Wildman–Crippen MR) is 82.9 cm³/mol. The van der Waals surface area contributed by atoms with E-state index < -0.39 is 0 Å². The van der Waals surface area contributed by atoms with E-state index in [0.29, 0.717) is 16.9 Å². The molecule has 3 nitrogen and oxygen atoms in total. The minimum absolute atomic E-state index is 0.183. The van der Waals surface area contributed by atoms with Gasteiger partial charge in [0.2, 0.25) is 0 Å². The summed E-state index contributed by atoms with van der Waals surface area (Å²) in [7, 11) is 3.15. The normalized spacial score (nSPS) is 10.3. The molecule has 21 heavy (non-hydrogen) atoms. The van der Waals surface area contributed by atoms with Crippen LogP contribution in [0.3, 0.4) is 0 Å². The van der Waals surface area contributed by atoms with E-state index in [4.69, 9.17) is 4.74 Å². The third-order valence-corrected chi connectivity index (χ3v) is 3.59. The number of para-hydroxylation sites is 1. The van der Waals surface area contributed by atoms with E-state index in [1.807, 2.05) is 0 Å². The molecule has 110 valence electrons. The second kappa shape index (κ2) is 6.72. The van der Waals surface area contributed by atoms with Crippen LogP contribution in [0.25, 0.3) is 0 Å². The molecule has 1 amide bonds. The highest BCUT2D eigenvalue weighted by Crippen LogP contribution is 2.21. The minimum atomic E-state index is -0.335. The second-order valence-corrected chi connectivity index (χ2v) is 5.51. The van der Waals surface area contributed by atoms with E-state index in [1.165, 1.54) is 18.1 Å². The maximum absolute atomic E-state index is 13.8. The SMILES string of the molecule is COc1ccccc1C(=O)N(C)Cc1cc(Br)ccc1F. The number of methoxy groups -OCH3 is 1. The number of benzene rings is 2. The van der Waals surface area contributed by atoms with Crippen LogP contribution in [0.4, 0.5) is 4.39 Å². The van der Waals surface area contributed by atoms with Gasteiger partial charge in [0.15, 0.2) is 0 Å². The van der Waals surface area contributed by atoms with Crippen LogP contribution in [0, 0.1) is 5.82 Å². The molecule has 0 spiro atoms. The highest BCUT2D eigenvalue weighted by atomic mass is 79.9. The van der Waals surface area contributed by atoms with E-state index in [2.05, 4.69) is 15.9 Å². The summed E-state index contributed by atoms with van der Waals surface area (Å²) < 4.78 is 19.7. The fourth-order valence-corrected chi connectivity index (χ4v) is 2.43. The maximum Gasteiger partial charge on any atom is 0.257 e. The Hall–Kier alpha value is -1.88. The molecule has 2 aromatic carbocycles. The number of ether oxygens (including phenoxy) is 1. The summed E-state index contributed by atoms with van der Waals surface area (Å²) in [6.07, 6.45) is 0. The van der Waals surface area contributed by atoms with Crippen molar-refractivity contribution in [2.75, 3.05) is 14.2 Å². The summed E-state index contributed by atoms with van der Waals surface area (Å²) in [4.78, 5) is 13.9. The lowest BCUT2D eigenvalue weighted by Gasteiger charge is -2.19. The van der Waals surface area contributed by atoms with Crippen molar-refractivity contribution in [2.45, 2.75) is 6.54 Å². The third kappa shape index (κ3) is 3.61. The molecule has 0 unspecified atom stereocenters. The molecule has 2 rings (SSSR count). The largest absolute Gasteiger partial charge is 0.496 e. The Morgan fingerprint density at radius 3 is 2.71 bits per heavy atom. The molecule has 0 fully saturated rings. The fraction of sp³-hybridized carbons (Fsp3) is 0.188. The van der Waals surface area contributed by atoms with Crippen LogP contribution in [-0.2, 0) is 6.54 Å². The maximum atomic E-state index is 13.8. The number of carbonyl (C=O) groups is 1. The Labute approximate surface area is 131 Å². The van der Waals surface area contributed by atoms with Gasteiger partial charge in [0.25, 0.3) is 5.91 Å². The Morgan fingerprint density at radius 2 is 2.00 bits per heavy atom. The van der Waals surface area contributed by atoms with Crippen molar-refractivity contribution < 1.29 is 13.9 Å². The van der Waals surface area contributed by atoms with E-state index in [1.54, 1.807) is 43.4 Å². The van der Waals surface area contributed by atoms with Crippen LogP contribution in [0.2, 0.25) is 0 Å². The topological polar surface area (TPSA) is 29.5 Å². The summed E-state index contributed by atoms with van der Waals surface area (Å²) in [6.45, 7) is 0.183. The molecule has 0 heterocycles. The zero-order chi connectivity index (χ0) is 15.4. The average molecular weight is 352 g/mol. The minimum Gasteiger partial charge on any atom is -0.496 e. The summed E-state index contributed by atoms with van der Waals surface area (Å²) in [5, 5.41) is 0. The summed E-state index contributed by atoms with van der Waals surface area (Å²) >= 11 is 3.30. The molecule has 0 aliphatic carbocycles. The van der Waals surface area contributed by atoms with E-state index >= 15 is 0 Å². The smallest absolute Gasteiger partial charge is 0.257 e. The molecule has 0 aliphatic rings. The van der Waals surface area contributed by atoms with E-state index in [-0.39, 0.29) is 18.3 Å². The number of amides is 1. The molecule has 0 aliphatic heterocycles. The Morgan fingerprint density at radius 1 is 1.29 bits per heavy atom. The molecule has 5 heteroatoms. The lowest BCUT2D eigenvalue weighted by Crippen LogP contribution is -2.27. The zero-order valence-electron chi connectivity index (χ0n) is 11.8. The first-order valence-corrected chi connectivity index (χ1v) is 7.14. The molecular formula is C16H15BrFNO2. The fourth-order valence-electron chi connectivity index (χ4n) is 2.02. The molecule has 0 atom stereocenters. The zero-order valence-corrected chi connectivity index (χ0v) is 13.4. The van der Waals surface area contributed by atoms with Crippen molar-refractivity contribution in [1.82, 2.24) is 4.90 Å². The molecule has 0 saturated carbocycles. The van der Waals surface area contributed by atoms with Gasteiger partial charge in [-0.2, -0.15) is 0 Å². The number of halogens is 2. The first kappa shape index (κ1) is 15.5. The lowest BCUT2D eigenvalue weighted by molar-refractivity contribution is 0.0780. The quantitative estimate of drug-likeness (QED) is 0.836. The van der Waals surface area contributed by atoms with Gasteiger partial charge in [0.05, 0.1) is 12.7 Å². The van der Waals surface area contributed by atoms with Crippen LogP contribution >= 0.6 is 15.9 Å². The van der Waals surface area contributed by atoms with Gasteiger partial charge in [0.1, 0.15) is 11.6 Å². The Bertz CT molecular complexity index is 660. The number of nitrogens with zero attached hydrogens (tertiary/aromatic N) is 1. The first-order chi connectivity index (χ1) is 10.0. The van der Waals surface area contributed by atoms with Gasteiger partial charge in [-0.25, -0.2) is 4.39 Å². The lowest BCUT2D eigenvalue weighted by atomic mass is 10.1. The van der Waals surface area contributed by atoms with Crippen molar-refractivity contribution in [3.05, 3.63) is 63.9 Å². The predicted octanol–water partition coefficient (Wildman–Crippen LogP) is 3.87. The van der Waals surface area contributed by atoms with Gasteiger partial charge in [-0.15, -0.1) is 0 Å². The number of rotatable bonds is 4. The van der Waals surface area contributed by atoms with Gasteiger partial charge in [0, 0.05) is 23.6 Å². The number of hydrogen-bond donors (Lipinski definition) is 0. The third-order valence-electron chi connectivity index (χ3n) is 3.10. The summed E-state index contributed by atoms with van der Waals surface area (Å²) in [6, 6.07) is 11.6. The highest BCUT2D eigenvalue weighted by molar-refractivity contribution is 9.10. The molecule has 0 bridgehead atoms. The van der Waals surface area contributed by atoms with Crippen LogP contribution in [0.1, 0.15) is 15.9 Å². The van der Waals surface area contributed by atoms with Gasteiger partial charge in [-0.05, 0) is 30.3 Å². The number of carbonyl (C=O) groups excluding carboxylic acids is 1. The van der Waals surface area contributed by atoms with Crippen molar-refractivity contribution in [3.8, 4) is 5.75 Å². The molecule has 0 radical (unpaired) electrons. The monoisotopic (exact) mass is 351 g/mol. The Balaban J connectivity index is 2.21. The standard InChI is InChI=1S/C16H15BrFNO2/c1-19(10-11-9-12(17)7-8-14(11)18)16(20)13-5-3-4-6-15(13)21-2/h3-9H,10H2,1-2H3. The first-order valence-electron chi connectivity index (χ1n) is 6.35. The van der Waals surface area contributed by atoms with Gasteiger partial charge >= 0.3 is 0 Å². The number of hydrogen-bond acceptors (Lipinski definition) is 2. The van der Waals surface area contributed by atoms with Gasteiger partial charge in [-0.1, -0.05) is 28.1 Å². The van der Waals surface area contributed by atoms with Crippen LogP contribution in [0.5, 0.6) is 5.75 Å². The van der Waals surface area contributed by atoms with Crippen molar-refractivity contribution in [2.24, 2.45) is 0 Å². The molecule has 2 aromatic rings. The van der Waals surface area contributed by atoms with E-state index in [9.17, 15) is 9.18 Å². The highest BCUT2D eigenvalue weighted by Gasteiger charge is 2.17. The van der Waals surface area contributed by atoms with E-state index in [0.717, 1.165) is 4.47 Å². The van der Waals surface area contributed by atoms with Crippen molar-refractivity contribution >= 4 is 21.8 Å². The molecular weight excluding hydrogens is 337 g/mol. The molecule has 0 saturated heterocycles.